The summed E-state index contributed by atoms with van der Waals surface area (Å²) in [5.74, 6) is -11.4. The highest BCUT2D eigenvalue weighted by molar-refractivity contribution is 6.00. The average Bonchev–Trinajstić information content (AvgIpc) is 3.56. The first-order valence-corrected chi connectivity index (χ1v) is 29.3. The minimum absolute atomic E-state index is 0.0345. The molecule has 2 saturated heterocycles. The lowest BCUT2D eigenvalue weighted by Crippen LogP contribution is -2.61. The number of carbonyl (C=O) groups is 11. The molecular weight excluding hydrogens is 1160 g/mol. The maximum Gasteiger partial charge on any atom is 0.326 e. The number of aliphatic carboxylic acids is 2. The number of H-pyrrole nitrogens is 1. The van der Waals surface area contributed by atoms with Crippen molar-refractivity contribution in [2.75, 3.05) is 26.2 Å². The standard InChI is InChI=1S/C60H80N14O15/c1-32(2)49(72-55(84)46-17-10-24-73(46)58(87)45(31-75)71-54(83)44(29-48(77)78)67-50(79)39(61)15-9-23-64-60(62)63)56(85)70-42(26-34-12-5-4-6-13-34)52(81)69-43(28-36-30-65-40-16-8-7-14-38(36)40)53(82)68-41(27-35-19-21-37(76)22-20-35)51(80)66-33(3)57(86)74-25-11-18-47(74)59(88)89/h4-8,12-14,16,19-22,30,32-33,39,41-47,49,65,75-76H,9-11,15,17-18,23-29,31,61H2,1-3H3,(H,66,80)(H,67,79)(H,68,82)(H,69,81)(H,70,85)(H,71,83)(H,72,84)(H,77,78)(H,88,89)(H4,62,63,64)/t33-,39-,41-,42-,43-,44-,45-,46-,47-,49-/m0/s1. The molecule has 10 atom stereocenters. The van der Waals surface area contributed by atoms with Crippen LogP contribution in [0.2, 0.25) is 0 Å². The minimum atomic E-state index is -1.75. The summed E-state index contributed by atoms with van der Waals surface area (Å²) < 4.78 is 0. The van der Waals surface area contributed by atoms with Crippen LogP contribution in [0.25, 0.3) is 10.9 Å². The lowest BCUT2D eigenvalue weighted by Gasteiger charge is -2.31. The molecule has 2 aliphatic rings. The second-order valence-electron chi connectivity index (χ2n) is 22.4. The Hall–Kier alpha value is -9.64. The van der Waals surface area contributed by atoms with Gasteiger partial charge in [0.1, 0.15) is 60.1 Å². The van der Waals surface area contributed by atoms with Crippen LogP contribution < -0.4 is 54.4 Å². The topological polar surface area (TPSA) is 466 Å². The van der Waals surface area contributed by atoms with Gasteiger partial charge in [0.05, 0.1) is 19.1 Å². The summed E-state index contributed by atoms with van der Waals surface area (Å²) in [6.45, 7) is 3.90. The number of phenols is 1. The molecule has 0 bridgehead atoms. The van der Waals surface area contributed by atoms with Gasteiger partial charge in [-0.3, -0.25) is 52.9 Å². The molecule has 18 N–H and O–H groups in total. The molecule has 480 valence electrons. The summed E-state index contributed by atoms with van der Waals surface area (Å²) in [6.07, 6.45) is 1.60. The summed E-state index contributed by atoms with van der Waals surface area (Å²) in [7, 11) is 0. The number of aromatic nitrogens is 1. The van der Waals surface area contributed by atoms with Crippen LogP contribution in [-0.2, 0) is 72.0 Å². The van der Waals surface area contributed by atoms with Gasteiger partial charge in [0.25, 0.3) is 0 Å². The van der Waals surface area contributed by atoms with Crippen LogP contribution in [0.5, 0.6) is 5.75 Å². The number of carbonyl (C=O) groups excluding carboxylic acids is 9. The molecule has 29 heteroatoms. The third kappa shape index (κ3) is 19.4. The number of nitrogens with two attached hydrogens (primary N) is 3. The van der Waals surface area contributed by atoms with E-state index in [9.17, 15) is 73.2 Å². The number of aromatic amines is 1. The van der Waals surface area contributed by atoms with E-state index in [4.69, 9.17) is 17.2 Å². The van der Waals surface area contributed by atoms with Crippen LogP contribution in [-0.4, -0.2) is 193 Å². The number of aromatic hydroxyl groups is 1. The van der Waals surface area contributed by atoms with E-state index in [1.165, 1.54) is 36.1 Å². The van der Waals surface area contributed by atoms with Crippen LogP contribution in [0, 0.1) is 5.92 Å². The van der Waals surface area contributed by atoms with Crippen LogP contribution in [0.3, 0.4) is 0 Å². The lowest BCUT2D eigenvalue weighted by molar-refractivity contribution is -0.149. The van der Waals surface area contributed by atoms with Gasteiger partial charge in [0.2, 0.25) is 53.2 Å². The number of aliphatic imine (C=N–C) groups is 1. The Morgan fingerprint density at radius 3 is 1.74 bits per heavy atom. The Balaban J connectivity index is 1.21. The molecule has 2 aliphatic heterocycles. The zero-order valence-corrected chi connectivity index (χ0v) is 49.7. The van der Waals surface area contributed by atoms with Gasteiger partial charge in [0, 0.05) is 56.0 Å². The van der Waals surface area contributed by atoms with Crippen molar-refractivity contribution in [3.05, 3.63) is 102 Å². The fourth-order valence-corrected chi connectivity index (χ4v) is 10.6. The lowest BCUT2D eigenvalue weighted by atomic mass is 9.99. The summed E-state index contributed by atoms with van der Waals surface area (Å²) in [4.78, 5) is 160. The number of para-hydroxylation sites is 1. The van der Waals surface area contributed by atoms with Gasteiger partial charge in [0.15, 0.2) is 5.96 Å². The number of rotatable bonds is 31. The van der Waals surface area contributed by atoms with Gasteiger partial charge >= 0.3 is 11.9 Å². The third-order valence-electron chi connectivity index (χ3n) is 15.4. The zero-order chi connectivity index (χ0) is 65.1. The van der Waals surface area contributed by atoms with E-state index in [2.05, 4.69) is 47.2 Å². The van der Waals surface area contributed by atoms with E-state index in [0.717, 1.165) is 4.90 Å². The van der Waals surface area contributed by atoms with Crippen molar-refractivity contribution in [3.8, 4) is 5.75 Å². The van der Waals surface area contributed by atoms with E-state index in [-0.39, 0.29) is 82.7 Å². The van der Waals surface area contributed by atoms with E-state index in [1.54, 1.807) is 68.6 Å². The maximum atomic E-state index is 15.0. The zero-order valence-electron chi connectivity index (χ0n) is 49.7. The Morgan fingerprint density at radius 1 is 0.618 bits per heavy atom. The molecule has 9 amide bonds. The fourth-order valence-electron chi connectivity index (χ4n) is 10.6. The van der Waals surface area contributed by atoms with Gasteiger partial charge in [-0.15, -0.1) is 0 Å². The molecule has 0 aliphatic carbocycles. The van der Waals surface area contributed by atoms with E-state index < -0.39 is 144 Å². The fraction of sp³-hybridized carbons (Fsp3) is 0.467. The second-order valence-corrected chi connectivity index (χ2v) is 22.4. The number of likely N-dealkylation sites (tertiary alicyclic amines) is 2. The number of nitrogens with one attached hydrogen (secondary N) is 8. The highest BCUT2D eigenvalue weighted by Crippen LogP contribution is 2.23. The molecule has 0 spiro atoms. The largest absolute Gasteiger partial charge is 0.508 e. The van der Waals surface area contributed by atoms with Crippen molar-refractivity contribution in [3.63, 3.8) is 0 Å². The van der Waals surface area contributed by atoms with E-state index in [0.29, 0.717) is 34.0 Å². The molecular formula is C60H80N14O15. The molecule has 0 radical (unpaired) electrons. The predicted octanol–water partition coefficient (Wildman–Crippen LogP) is -2.11. The first-order chi connectivity index (χ1) is 42.3. The molecule has 0 unspecified atom stereocenters. The van der Waals surface area contributed by atoms with Crippen LogP contribution in [0.4, 0.5) is 0 Å². The number of hydrogen-bond donors (Lipinski definition) is 15. The van der Waals surface area contributed by atoms with Crippen LogP contribution >= 0.6 is 0 Å². The third-order valence-corrected chi connectivity index (χ3v) is 15.4. The predicted molar refractivity (Wildman–Crippen MR) is 322 cm³/mol. The number of guanidine groups is 1. The molecule has 1 aromatic heterocycles. The molecule has 0 saturated carbocycles. The van der Waals surface area contributed by atoms with Crippen molar-refractivity contribution in [2.24, 2.45) is 28.1 Å². The van der Waals surface area contributed by atoms with Crippen molar-refractivity contribution < 1.29 is 73.2 Å². The number of amides is 9. The number of nitrogens with zero attached hydrogens (tertiary/aromatic N) is 3. The number of phenolic OH excluding ortho intramolecular Hbond substituents is 1. The SMILES string of the molecule is CC(C)[C@H](NC(=O)[C@@H]1CCCN1C(=O)[C@H](CO)NC(=O)[C@H](CC(=O)O)NC(=O)[C@@H](N)CCCN=C(N)N)C(=O)N[C@@H](Cc1ccccc1)C(=O)N[C@@H](Cc1c[nH]c2ccccc12)C(=O)N[C@@H](Cc1ccc(O)cc1)C(=O)N[C@@H](C)C(=O)N1CCC[C@H]1C(=O)O. The minimum Gasteiger partial charge on any atom is -0.508 e. The normalized spacial score (nSPS) is 17.3. The van der Waals surface area contributed by atoms with Gasteiger partial charge < -0.3 is 89.6 Å². The van der Waals surface area contributed by atoms with Crippen molar-refractivity contribution in [2.45, 2.75) is 145 Å². The van der Waals surface area contributed by atoms with Crippen molar-refractivity contribution in [1.82, 2.24) is 52.0 Å². The molecule has 3 heterocycles. The highest BCUT2D eigenvalue weighted by atomic mass is 16.4. The first kappa shape index (κ1) is 68.5. The quantitative estimate of drug-likeness (QED) is 0.0146. The van der Waals surface area contributed by atoms with Gasteiger partial charge in [-0.1, -0.05) is 74.5 Å². The summed E-state index contributed by atoms with van der Waals surface area (Å²) in [6, 6.07) is 7.67. The Kier molecular flexibility index (Phi) is 24.9. The first-order valence-electron chi connectivity index (χ1n) is 29.3. The molecule has 3 aromatic carbocycles. The Bertz CT molecular complexity index is 3210. The number of benzene rings is 3. The van der Waals surface area contributed by atoms with E-state index >= 15 is 0 Å². The Labute approximate surface area is 512 Å². The van der Waals surface area contributed by atoms with Crippen LogP contribution in [0.15, 0.2) is 90.1 Å². The van der Waals surface area contributed by atoms with Gasteiger partial charge in [-0.05, 0) is 86.3 Å². The van der Waals surface area contributed by atoms with Gasteiger partial charge in [-0.25, -0.2) is 4.79 Å². The number of aliphatic hydroxyl groups is 1. The van der Waals surface area contributed by atoms with E-state index in [1.807, 2.05) is 6.07 Å². The second kappa shape index (κ2) is 32.4. The van der Waals surface area contributed by atoms with Crippen LogP contribution in [0.1, 0.15) is 82.4 Å². The number of fused-ring (bicyclic) bond motifs is 1. The molecule has 89 heavy (non-hydrogen) atoms. The van der Waals surface area contributed by atoms with Crippen molar-refractivity contribution in [1.29, 1.82) is 0 Å². The molecule has 6 rings (SSSR count). The number of hydrogen-bond acceptors (Lipinski definition) is 15. The Morgan fingerprint density at radius 2 is 1.15 bits per heavy atom. The summed E-state index contributed by atoms with van der Waals surface area (Å²) in [5, 5.41) is 58.7. The highest BCUT2D eigenvalue weighted by Gasteiger charge is 2.42. The molecule has 29 nitrogen and oxygen atoms in total. The number of carboxylic acid groups (broad SMARTS) is 2. The number of carboxylic acids is 2. The smallest absolute Gasteiger partial charge is 0.326 e. The monoisotopic (exact) mass is 1240 g/mol. The number of aliphatic hydroxyl groups excluding tert-OH is 1. The van der Waals surface area contributed by atoms with Gasteiger partial charge in [-0.2, -0.15) is 0 Å². The summed E-state index contributed by atoms with van der Waals surface area (Å²) >= 11 is 0. The van der Waals surface area contributed by atoms with Crippen molar-refractivity contribution >= 4 is 82.0 Å². The molecule has 2 fully saturated rings. The summed E-state index contributed by atoms with van der Waals surface area (Å²) in [5.41, 5.74) is 19.0. The maximum absolute atomic E-state index is 15.0. The molecule has 4 aromatic rings. The average molecular weight is 1240 g/mol.